The number of nitrogens with zero attached hydrogens (tertiary/aromatic N) is 1. The zero-order valence-electron chi connectivity index (χ0n) is 8.11. The molecule has 0 aliphatic heterocycles. The predicted molar refractivity (Wildman–Crippen MR) is 54.9 cm³/mol. The van der Waals surface area contributed by atoms with Gasteiger partial charge in [-0.1, -0.05) is 0 Å². The van der Waals surface area contributed by atoms with Gasteiger partial charge in [-0.15, -0.1) is 0 Å². The number of nitrogens with two attached hydrogens (primary N) is 1. The Bertz CT molecular complexity index is 379. The SMILES string of the molecule is N#Cc1ccc(OC/C(F)=C\CN)cc1. The van der Waals surface area contributed by atoms with Crippen LogP contribution in [-0.2, 0) is 0 Å². The van der Waals surface area contributed by atoms with Crippen molar-refractivity contribution in [2.75, 3.05) is 13.2 Å². The van der Waals surface area contributed by atoms with Crippen LogP contribution < -0.4 is 10.5 Å². The molecule has 78 valence electrons. The van der Waals surface area contributed by atoms with Gasteiger partial charge in [0.1, 0.15) is 18.2 Å². The van der Waals surface area contributed by atoms with Crippen molar-refractivity contribution in [2.24, 2.45) is 5.73 Å². The van der Waals surface area contributed by atoms with E-state index in [1.54, 1.807) is 24.3 Å². The molecule has 0 aliphatic carbocycles. The fourth-order valence-electron chi connectivity index (χ4n) is 0.965. The van der Waals surface area contributed by atoms with E-state index in [0.717, 1.165) is 0 Å². The van der Waals surface area contributed by atoms with Crippen LogP contribution in [0.1, 0.15) is 5.56 Å². The minimum Gasteiger partial charge on any atom is -0.487 e. The summed E-state index contributed by atoms with van der Waals surface area (Å²) in [5.41, 5.74) is 5.67. The van der Waals surface area contributed by atoms with E-state index < -0.39 is 5.83 Å². The number of nitriles is 1. The molecule has 0 aliphatic rings. The fraction of sp³-hybridized carbons (Fsp3) is 0.182. The van der Waals surface area contributed by atoms with Crippen LogP contribution in [0.5, 0.6) is 5.75 Å². The highest BCUT2D eigenvalue weighted by Gasteiger charge is 1.97. The lowest BCUT2D eigenvalue weighted by atomic mass is 10.2. The number of ether oxygens (including phenoxy) is 1. The number of hydrogen-bond acceptors (Lipinski definition) is 3. The summed E-state index contributed by atoms with van der Waals surface area (Å²) in [6.45, 7) is 0.0195. The minimum absolute atomic E-state index is 0.136. The Hall–Kier alpha value is -1.86. The first-order valence-corrected chi connectivity index (χ1v) is 4.44. The topological polar surface area (TPSA) is 59.0 Å². The van der Waals surface area contributed by atoms with E-state index in [-0.39, 0.29) is 13.2 Å². The third-order valence-electron chi connectivity index (χ3n) is 1.70. The first kappa shape index (κ1) is 11.2. The first-order chi connectivity index (χ1) is 7.26. The Morgan fingerprint density at radius 3 is 2.67 bits per heavy atom. The first-order valence-electron chi connectivity index (χ1n) is 4.44. The quantitative estimate of drug-likeness (QED) is 0.816. The third-order valence-corrected chi connectivity index (χ3v) is 1.70. The van der Waals surface area contributed by atoms with E-state index in [4.69, 9.17) is 15.7 Å². The molecule has 0 aromatic heterocycles. The minimum atomic E-state index is -0.401. The predicted octanol–water partition coefficient (Wildman–Crippen LogP) is 1.75. The Morgan fingerprint density at radius 2 is 2.13 bits per heavy atom. The van der Waals surface area contributed by atoms with Crippen molar-refractivity contribution in [3.8, 4) is 11.8 Å². The van der Waals surface area contributed by atoms with Gasteiger partial charge in [0.15, 0.2) is 0 Å². The van der Waals surface area contributed by atoms with Crippen LogP contribution in [0.25, 0.3) is 0 Å². The van der Waals surface area contributed by atoms with Gasteiger partial charge in [-0.2, -0.15) is 5.26 Å². The van der Waals surface area contributed by atoms with Crippen molar-refractivity contribution in [3.05, 3.63) is 41.7 Å². The van der Waals surface area contributed by atoms with E-state index in [0.29, 0.717) is 11.3 Å². The molecule has 0 radical (unpaired) electrons. The van der Waals surface area contributed by atoms with E-state index in [2.05, 4.69) is 0 Å². The molecule has 0 bridgehead atoms. The number of rotatable bonds is 4. The second-order valence-electron chi connectivity index (χ2n) is 2.81. The molecule has 3 nitrogen and oxygen atoms in total. The lowest BCUT2D eigenvalue weighted by Crippen LogP contribution is -2.01. The van der Waals surface area contributed by atoms with Crippen LogP contribution in [0, 0.1) is 11.3 Å². The molecule has 4 heteroatoms. The molecule has 0 atom stereocenters. The molecule has 0 amide bonds. The Balaban J connectivity index is 2.52. The van der Waals surface area contributed by atoms with Crippen LogP contribution in [0.15, 0.2) is 36.2 Å². The highest BCUT2D eigenvalue weighted by atomic mass is 19.1. The highest BCUT2D eigenvalue weighted by Crippen LogP contribution is 2.12. The van der Waals surface area contributed by atoms with Crippen LogP contribution in [-0.4, -0.2) is 13.2 Å². The normalized spacial score (nSPS) is 10.9. The van der Waals surface area contributed by atoms with Crippen LogP contribution in [0.3, 0.4) is 0 Å². The monoisotopic (exact) mass is 206 g/mol. The molecule has 15 heavy (non-hydrogen) atoms. The van der Waals surface area contributed by atoms with Crippen molar-refractivity contribution >= 4 is 0 Å². The maximum Gasteiger partial charge on any atom is 0.139 e. The molecular formula is C11H11FN2O. The highest BCUT2D eigenvalue weighted by molar-refractivity contribution is 5.34. The smallest absolute Gasteiger partial charge is 0.139 e. The Labute approximate surface area is 87.6 Å². The Kier molecular flexibility index (Phi) is 4.32. The molecule has 2 N–H and O–H groups in total. The lowest BCUT2D eigenvalue weighted by molar-refractivity contribution is 0.318. The summed E-state index contributed by atoms with van der Waals surface area (Å²) >= 11 is 0. The van der Waals surface area contributed by atoms with Gasteiger partial charge in [0.05, 0.1) is 11.6 Å². The number of halogens is 1. The summed E-state index contributed by atoms with van der Waals surface area (Å²) in [7, 11) is 0. The van der Waals surface area contributed by atoms with Gasteiger partial charge in [-0.05, 0) is 30.3 Å². The molecule has 1 aromatic carbocycles. The molecule has 0 fully saturated rings. The maximum absolute atomic E-state index is 12.8. The molecule has 0 unspecified atom stereocenters. The average Bonchev–Trinajstić information content (AvgIpc) is 2.27. The van der Waals surface area contributed by atoms with Gasteiger partial charge in [0.2, 0.25) is 0 Å². The summed E-state index contributed by atoms with van der Waals surface area (Å²) in [5.74, 6) is 0.122. The number of benzene rings is 1. The zero-order valence-corrected chi connectivity index (χ0v) is 8.11. The van der Waals surface area contributed by atoms with E-state index in [9.17, 15) is 4.39 Å². The summed E-state index contributed by atoms with van der Waals surface area (Å²) in [6.07, 6.45) is 1.25. The van der Waals surface area contributed by atoms with Gasteiger partial charge in [-0.25, -0.2) is 4.39 Å². The van der Waals surface area contributed by atoms with Crippen LogP contribution in [0.2, 0.25) is 0 Å². The average molecular weight is 206 g/mol. The summed E-state index contributed by atoms with van der Waals surface area (Å²) in [6, 6.07) is 8.44. The van der Waals surface area contributed by atoms with Crippen LogP contribution in [0.4, 0.5) is 4.39 Å². The summed E-state index contributed by atoms with van der Waals surface area (Å²) in [5, 5.41) is 8.54. The molecule has 1 rings (SSSR count). The zero-order chi connectivity index (χ0) is 11.1. The van der Waals surface area contributed by atoms with Crippen molar-refractivity contribution in [3.63, 3.8) is 0 Å². The van der Waals surface area contributed by atoms with Gasteiger partial charge < -0.3 is 10.5 Å². The Morgan fingerprint density at radius 1 is 1.47 bits per heavy atom. The lowest BCUT2D eigenvalue weighted by Gasteiger charge is -2.03. The maximum atomic E-state index is 12.8. The fourth-order valence-corrected chi connectivity index (χ4v) is 0.965. The van der Waals surface area contributed by atoms with Crippen molar-refractivity contribution in [1.29, 1.82) is 5.26 Å². The van der Waals surface area contributed by atoms with E-state index in [1.807, 2.05) is 6.07 Å². The molecule has 0 spiro atoms. The second kappa shape index (κ2) is 5.78. The molecular weight excluding hydrogens is 195 g/mol. The number of hydrogen-bond donors (Lipinski definition) is 1. The van der Waals surface area contributed by atoms with Gasteiger partial charge in [0, 0.05) is 6.54 Å². The van der Waals surface area contributed by atoms with Crippen molar-refractivity contribution in [2.45, 2.75) is 0 Å². The van der Waals surface area contributed by atoms with E-state index >= 15 is 0 Å². The largest absolute Gasteiger partial charge is 0.487 e. The third kappa shape index (κ3) is 3.79. The van der Waals surface area contributed by atoms with Gasteiger partial charge >= 0.3 is 0 Å². The summed E-state index contributed by atoms with van der Waals surface area (Å²) in [4.78, 5) is 0. The van der Waals surface area contributed by atoms with E-state index in [1.165, 1.54) is 6.08 Å². The van der Waals surface area contributed by atoms with Gasteiger partial charge in [0.25, 0.3) is 0 Å². The second-order valence-corrected chi connectivity index (χ2v) is 2.81. The molecule has 0 saturated carbocycles. The van der Waals surface area contributed by atoms with Crippen molar-refractivity contribution in [1.82, 2.24) is 0 Å². The molecule has 0 saturated heterocycles. The van der Waals surface area contributed by atoms with Crippen molar-refractivity contribution < 1.29 is 9.13 Å². The molecule has 1 aromatic rings. The van der Waals surface area contributed by atoms with Gasteiger partial charge in [-0.3, -0.25) is 0 Å². The standard InChI is InChI=1S/C11H11FN2O/c12-10(5-6-13)8-15-11-3-1-9(7-14)2-4-11/h1-5H,6,8,13H2/b10-5+. The van der Waals surface area contributed by atoms with Crippen LogP contribution >= 0.6 is 0 Å². The summed E-state index contributed by atoms with van der Waals surface area (Å²) < 4.78 is 17.9. The molecule has 0 heterocycles.